The Morgan fingerprint density at radius 1 is 1.53 bits per heavy atom. The molecule has 1 aromatic rings. The first-order valence-electron chi connectivity index (χ1n) is 5.20. The number of rotatable bonds is 5. The number of pyridine rings is 1. The SMILES string of the molecule is COC(=O)CC(C)Nc1nc(OC)ccc1N. The Morgan fingerprint density at radius 2 is 2.24 bits per heavy atom. The van der Waals surface area contributed by atoms with Crippen molar-refractivity contribution in [2.45, 2.75) is 19.4 Å². The van der Waals surface area contributed by atoms with Crippen molar-refractivity contribution in [2.24, 2.45) is 0 Å². The highest BCUT2D eigenvalue weighted by molar-refractivity contribution is 5.71. The number of carbonyl (C=O) groups is 1. The highest BCUT2D eigenvalue weighted by atomic mass is 16.5. The molecule has 0 saturated heterocycles. The fourth-order valence-electron chi connectivity index (χ4n) is 1.30. The van der Waals surface area contributed by atoms with E-state index in [1.807, 2.05) is 6.92 Å². The number of nitrogen functional groups attached to an aromatic ring is 1. The van der Waals surface area contributed by atoms with Gasteiger partial charge in [0.05, 0.1) is 26.3 Å². The molecule has 1 atom stereocenters. The summed E-state index contributed by atoms with van der Waals surface area (Å²) in [6.07, 6.45) is 0.245. The van der Waals surface area contributed by atoms with Gasteiger partial charge >= 0.3 is 5.97 Å². The molecule has 94 valence electrons. The van der Waals surface area contributed by atoms with Gasteiger partial charge in [0, 0.05) is 12.1 Å². The van der Waals surface area contributed by atoms with E-state index in [1.165, 1.54) is 14.2 Å². The van der Waals surface area contributed by atoms with E-state index in [-0.39, 0.29) is 18.4 Å². The number of nitrogens with zero attached hydrogens (tertiary/aromatic N) is 1. The van der Waals surface area contributed by atoms with Gasteiger partial charge in [-0.05, 0) is 13.0 Å². The molecule has 0 bridgehead atoms. The van der Waals surface area contributed by atoms with Crippen LogP contribution in [0, 0.1) is 0 Å². The molecule has 0 aliphatic carbocycles. The average molecular weight is 239 g/mol. The number of anilines is 2. The summed E-state index contributed by atoms with van der Waals surface area (Å²) in [7, 11) is 2.88. The van der Waals surface area contributed by atoms with Crippen LogP contribution in [0.15, 0.2) is 12.1 Å². The second-order valence-electron chi connectivity index (χ2n) is 3.62. The summed E-state index contributed by atoms with van der Waals surface area (Å²) in [5, 5.41) is 3.03. The molecular formula is C11H17N3O3. The maximum Gasteiger partial charge on any atom is 0.307 e. The zero-order valence-electron chi connectivity index (χ0n) is 10.2. The van der Waals surface area contributed by atoms with Gasteiger partial charge in [0.2, 0.25) is 5.88 Å². The number of ether oxygens (including phenoxy) is 2. The molecule has 0 amide bonds. The molecule has 0 radical (unpaired) electrons. The Balaban J connectivity index is 2.70. The van der Waals surface area contributed by atoms with Crippen molar-refractivity contribution in [2.75, 3.05) is 25.3 Å². The molecule has 17 heavy (non-hydrogen) atoms. The molecule has 1 unspecified atom stereocenters. The lowest BCUT2D eigenvalue weighted by molar-refractivity contribution is -0.140. The van der Waals surface area contributed by atoms with E-state index in [0.29, 0.717) is 17.4 Å². The lowest BCUT2D eigenvalue weighted by atomic mass is 10.2. The first kappa shape index (κ1) is 13.1. The minimum atomic E-state index is -0.286. The van der Waals surface area contributed by atoms with Gasteiger partial charge in [-0.25, -0.2) is 0 Å². The van der Waals surface area contributed by atoms with Crippen molar-refractivity contribution < 1.29 is 14.3 Å². The number of hydrogen-bond donors (Lipinski definition) is 2. The van der Waals surface area contributed by atoms with Crippen molar-refractivity contribution in [1.82, 2.24) is 4.98 Å². The van der Waals surface area contributed by atoms with Gasteiger partial charge in [-0.3, -0.25) is 4.79 Å². The zero-order valence-corrected chi connectivity index (χ0v) is 10.2. The van der Waals surface area contributed by atoms with Gasteiger partial charge in [0.25, 0.3) is 0 Å². The molecule has 0 saturated carbocycles. The predicted molar refractivity (Wildman–Crippen MR) is 64.9 cm³/mol. The van der Waals surface area contributed by atoms with E-state index in [9.17, 15) is 4.79 Å². The number of nitrogens with one attached hydrogen (secondary N) is 1. The summed E-state index contributed by atoms with van der Waals surface area (Å²) < 4.78 is 9.57. The highest BCUT2D eigenvalue weighted by Crippen LogP contribution is 2.20. The Morgan fingerprint density at radius 3 is 2.82 bits per heavy atom. The lowest BCUT2D eigenvalue weighted by Crippen LogP contribution is -2.21. The van der Waals surface area contributed by atoms with E-state index < -0.39 is 0 Å². The van der Waals surface area contributed by atoms with Gasteiger partial charge in [0.1, 0.15) is 0 Å². The zero-order chi connectivity index (χ0) is 12.8. The van der Waals surface area contributed by atoms with Crippen LogP contribution >= 0.6 is 0 Å². The molecule has 1 heterocycles. The van der Waals surface area contributed by atoms with Crippen LogP contribution in [0.1, 0.15) is 13.3 Å². The van der Waals surface area contributed by atoms with Crippen LogP contribution in [0.5, 0.6) is 5.88 Å². The normalized spacial score (nSPS) is 11.7. The second kappa shape index (κ2) is 5.93. The summed E-state index contributed by atoms with van der Waals surface area (Å²) in [5.41, 5.74) is 6.26. The Labute approximate surface area is 100 Å². The van der Waals surface area contributed by atoms with E-state index in [1.54, 1.807) is 12.1 Å². The molecule has 1 aromatic heterocycles. The van der Waals surface area contributed by atoms with Crippen molar-refractivity contribution in [3.63, 3.8) is 0 Å². The monoisotopic (exact) mass is 239 g/mol. The van der Waals surface area contributed by atoms with Crippen LogP contribution in [-0.4, -0.2) is 31.2 Å². The summed E-state index contributed by atoms with van der Waals surface area (Å²) >= 11 is 0. The number of nitrogens with two attached hydrogens (primary N) is 1. The number of carbonyl (C=O) groups excluding carboxylic acids is 1. The van der Waals surface area contributed by atoms with Gasteiger partial charge in [-0.1, -0.05) is 0 Å². The molecular weight excluding hydrogens is 222 g/mol. The maximum absolute atomic E-state index is 11.1. The lowest BCUT2D eigenvalue weighted by Gasteiger charge is -2.15. The van der Waals surface area contributed by atoms with E-state index in [2.05, 4.69) is 15.0 Å². The second-order valence-corrected chi connectivity index (χ2v) is 3.62. The van der Waals surface area contributed by atoms with Crippen LogP contribution < -0.4 is 15.8 Å². The maximum atomic E-state index is 11.1. The third-order valence-corrected chi connectivity index (χ3v) is 2.19. The number of hydrogen-bond acceptors (Lipinski definition) is 6. The standard InChI is InChI=1S/C11H17N3O3/c1-7(6-10(15)17-3)13-11-8(12)4-5-9(14-11)16-2/h4-5,7H,6,12H2,1-3H3,(H,13,14). The minimum absolute atomic E-state index is 0.121. The Kier molecular flexibility index (Phi) is 4.56. The molecule has 0 aliphatic heterocycles. The Bertz CT molecular complexity index is 396. The molecule has 3 N–H and O–H groups in total. The van der Waals surface area contributed by atoms with E-state index in [0.717, 1.165) is 0 Å². The first-order chi connectivity index (χ1) is 8.06. The van der Waals surface area contributed by atoms with Crippen LogP contribution in [0.4, 0.5) is 11.5 Å². The fourth-order valence-corrected chi connectivity index (χ4v) is 1.30. The fraction of sp³-hybridized carbons (Fsp3) is 0.455. The van der Waals surface area contributed by atoms with Crippen molar-refractivity contribution in [3.8, 4) is 5.88 Å². The summed E-state index contributed by atoms with van der Waals surface area (Å²) in [6, 6.07) is 3.24. The summed E-state index contributed by atoms with van der Waals surface area (Å²) in [4.78, 5) is 15.2. The Hall–Kier alpha value is -1.98. The van der Waals surface area contributed by atoms with E-state index >= 15 is 0 Å². The van der Waals surface area contributed by atoms with Crippen molar-refractivity contribution >= 4 is 17.5 Å². The largest absolute Gasteiger partial charge is 0.481 e. The third-order valence-electron chi connectivity index (χ3n) is 2.19. The molecule has 0 fully saturated rings. The third kappa shape index (κ3) is 3.82. The molecule has 6 heteroatoms. The number of aromatic nitrogens is 1. The summed E-state index contributed by atoms with van der Waals surface area (Å²) in [5.74, 6) is 0.680. The van der Waals surface area contributed by atoms with Gasteiger partial charge in [-0.2, -0.15) is 4.98 Å². The molecule has 0 aromatic carbocycles. The molecule has 0 aliphatic rings. The summed E-state index contributed by atoms with van der Waals surface area (Å²) in [6.45, 7) is 1.84. The molecule has 6 nitrogen and oxygen atoms in total. The van der Waals surface area contributed by atoms with Crippen LogP contribution in [-0.2, 0) is 9.53 Å². The molecule has 0 spiro atoms. The topological polar surface area (TPSA) is 86.5 Å². The van der Waals surface area contributed by atoms with Crippen LogP contribution in [0.25, 0.3) is 0 Å². The average Bonchev–Trinajstić information content (AvgIpc) is 2.31. The minimum Gasteiger partial charge on any atom is -0.481 e. The molecule has 1 rings (SSSR count). The van der Waals surface area contributed by atoms with Gasteiger partial charge in [0.15, 0.2) is 5.82 Å². The van der Waals surface area contributed by atoms with Gasteiger partial charge in [-0.15, -0.1) is 0 Å². The van der Waals surface area contributed by atoms with Crippen LogP contribution in [0.2, 0.25) is 0 Å². The van der Waals surface area contributed by atoms with Crippen molar-refractivity contribution in [3.05, 3.63) is 12.1 Å². The quantitative estimate of drug-likeness (QED) is 0.746. The predicted octanol–water partition coefficient (Wildman–Crippen LogP) is 1.04. The highest BCUT2D eigenvalue weighted by Gasteiger charge is 2.11. The number of esters is 1. The van der Waals surface area contributed by atoms with Crippen LogP contribution in [0.3, 0.4) is 0 Å². The van der Waals surface area contributed by atoms with Gasteiger partial charge < -0.3 is 20.5 Å². The number of methoxy groups -OCH3 is 2. The smallest absolute Gasteiger partial charge is 0.307 e. The van der Waals surface area contributed by atoms with E-state index in [4.69, 9.17) is 10.5 Å². The van der Waals surface area contributed by atoms with Crippen molar-refractivity contribution in [1.29, 1.82) is 0 Å². The first-order valence-corrected chi connectivity index (χ1v) is 5.20.